The summed E-state index contributed by atoms with van der Waals surface area (Å²) in [5.41, 5.74) is 3.41. The van der Waals surface area contributed by atoms with Crippen LogP contribution in [0.3, 0.4) is 0 Å². The summed E-state index contributed by atoms with van der Waals surface area (Å²) in [4.78, 5) is 10.9. The molecule has 0 unspecified atom stereocenters. The molecule has 100 valence electrons. The summed E-state index contributed by atoms with van der Waals surface area (Å²) < 4.78 is 5.40. The molecule has 0 heterocycles. The normalized spacial score (nSPS) is 10.6. The van der Waals surface area contributed by atoms with Gasteiger partial charge in [0, 0.05) is 18.7 Å². The molecule has 1 aromatic rings. The smallest absolute Gasteiger partial charge is 0.131 e. The number of carbonyl (C=O) groups excluding carboxylic acids is 1. The van der Waals surface area contributed by atoms with Gasteiger partial charge in [0.15, 0.2) is 0 Å². The number of nitrogens with one attached hydrogen (secondary N) is 1. The molecule has 0 atom stereocenters. The maximum Gasteiger partial charge on any atom is 0.131 e. The fraction of sp³-hybridized carbons (Fsp3) is 0.533. The number of hydrogen-bond acceptors (Lipinski definition) is 3. The zero-order valence-electron chi connectivity index (χ0n) is 12.0. The van der Waals surface area contributed by atoms with Crippen molar-refractivity contribution in [2.45, 2.75) is 40.0 Å². The van der Waals surface area contributed by atoms with Crippen molar-refractivity contribution in [3.05, 3.63) is 23.3 Å². The minimum Gasteiger partial charge on any atom is -0.496 e. The van der Waals surface area contributed by atoms with Crippen molar-refractivity contribution in [3.63, 3.8) is 0 Å². The number of Topliss-reactive ketones (excluding diaryl/α,β-unsaturated/α-hetero) is 1. The van der Waals surface area contributed by atoms with Crippen LogP contribution in [0, 0.1) is 6.92 Å². The molecule has 0 aliphatic heterocycles. The van der Waals surface area contributed by atoms with Crippen molar-refractivity contribution in [2.75, 3.05) is 19.0 Å². The van der Waals surface area contributed by atoms with Crippen molar-refractivity contribution in [1.29, 1.82) is 0 Å². The number of carbonyl (C=O) groups is 1. The van der Waals surface area contributed by atoms with Crippen LogP contribution >= 0.6 is 0 Å². The first-order chi connectivity index (χ1) is 8.45. The lowest BCUT2D eigenvalue weighted by molar-refractivity contribution is -0.116. The lowest BCUT2D eigenvalue weighted by Crippen LogP contribution is -2.08. The minimum atomic E-state index is 0.206. The van der Waals surface area contributed by atoms with Crippen molar-refractivity contribution in [2.24, 2.45) is 0 Å². The third kappa shape index (κ3) is 3.76. The van der Waals surface area contributed by atoms with Gasteiger partial charge < -0.3 is 10.1 Å². The van der Waals surface area contributed by atoms with Crippen LogP contribution in [0.2, 0.25) is 0 Å². The molecule has 0 saturated carbocycles. The Labute approximate surface area is 110 Å². The Hall–Kier alpha value is -1.51. The fourth-order valence-electron chi connectivity index (χ4n) is 1.89. The molecule has 1 N–H and O–H groups in total. The molecule has 0 aliphatic carbocycles. The molecule has 0 saturated heterocycles. The predicted octanol–water partition coefficient (Wildman–Crippen LogP) is 3.52. The van der Waals surface area contributed by atoms with E-state index in [1.807, 2.05) is 13.0 Å². The standard InChI is InChI=1S/C15H23NO2/c1-10(2)13-9-14(16-7-6-12(4)17)11(3)8-15(13)18-5/h8-10,16H,6-7H2,1-5H3. The zero-order chi connectivity index (χ0) is 13.7. The van der Waals surface area contributed by atoms with Gasteiger partial charge in [0.25, 0.3) is 0 Å². The highest BCUT2D eigenvalue weighted by Gasteiger charge is 2.10. The second-order valence-electron chi connectivity index (χ2n) is 4.94. The van der Waals surface area contributed by atoms with E-state index in [2.05, 4.69) is 25.2 Å². The van der Waals surface area contributed by atoms with Crippen LogP contribution in [-0.4, -0.2) is 19.4 Å². The summed E-state index contributed by atoms with van der Waals surface area (Å²) in [5, 5.41) is 3.31. The van der Waals surface area contributed by atoms with Gasteiger partial charge in [0.1, 0.15) is 11.5 Å². The molecule has 0 aromatic heterocycles. The first kappa shape index (κ1) is 14.6. The lowest BCUT2D eigenvalue weighted by Gasteiger charge is -2.17. The molecule has 3 nitrogen and oxygen atoms in total. The Kier molecular flexibility index (Phi) is 5.20. The van der Waals surface area contributed by atoms with Crippen LogP contribution in [0.5, 0.6) is 5.75 Å². The molecule has 1 rings (SSSR count). The molecule has 0 spiro atoms. The molecular weight excluding hydrogens is 226 g/mol. The predicted molar refractivity (Wildman–Crippen MR) is 75.6 cm³/mol. The van der Waals surface area contributed by atoms with Crippen LogP contribution < -0.4 is 10.1 Å². The molecule has 0 amide bonds. The topological polar surface area (TPSA) is 38.3 Å². The largest absolute Gasteiger partial charge is 0.496 e. The Balaban J connectivity index is 2.91. The number of ketones is 1. The van der Waals surface area contributed by atoms with E-state index in [1.165, 1.54) is 5.56 Å². The number of anilines is 1. The van der Waals surface area contributed by atoms with Gasteiger partial charge in [-0.3, -0.25) is 4.79 Å². The average Bonchev–Trinajstić information content (AvgIpc) is 2.29. The molecular formula is C15H23NO2. The SMILES string of the molecule is COc1cc(C)c(NCCC(C)=O)cc1C(C)C. The van der Waals surface area contributed by atoms with Crippen LogP contribution in [0.1, 0.15) is 44.2 Å². The first-order valence-electron chi connectivity index (χ1n) is 6.37. The van der Waals surface area contributed by atoms with Crippen molar-refractivity contribution < 1.29 is 9.53 Å². The molecule has 1 aromatic carbocycles. The summed E-state index contributed by atoms with van der Waals surface area (Å²) in [6.45, 7) is 8.63. The fourth-order valence-corrected chi connectivity index (χ4v) is 1.89. The second kappa shape index (κ2) is 6.43. The Morgan fingerprint density at radius 1 is 1.39 bits per heavy atom. The average molecular weight is 249 g/mol. The highest BCUT2D eigenvalue weighted by molar-refractivity contribution is 5.76. The third-order valence-electron chi connectivity index (χ3n) is 2.99. The van der Waals surface area contributed by atoms with Gasteiger partial charge in [0.05, 0.1) is 7.11 Å². The summed E-state index contributed by atoms with van der Waals surface area (Å²) in [5.74, 6) is 1.55. The Morgan fingerprint density at radius 3 is 2.56 bits per heavy atom. The van der Waals surface area contributed by atoms with Gasteiger partial charge in [-0.1, -0.05) is 13.8 Å². The van der Waals surface area contributed by atoms with E-state index in [1.54, 1.807) is 14.0 Å². The number of benzene rings is 1. The highest BCUT2D eigenvalue weighted by Crippen LogP contribution is 2.31. The Morgan fingerprint density at radius 2 is 2.06 bits per heavy atom. The quantitative estimate of drug-likeness (QED) is 0.838. The lowest BCUT2D eigenvalue weighted by atomic mass is 9.99. The molecule has 0 aliphatic rings. The van der Waals surface area contributed by atoms with E-state index >= 15 is 0 Å². The third-order valence-corrected chi connectivity index (χ3v) is 2.99. The van der Waals surface area contributed by atoms with Gasteiger partial charge in [-0.25, -0.2) is 0 Å². The van der Waals surface area contributed by atoms with Crippen LogP contribution in [0.25, 0.3) is 0 Å². The van der Waals surface area contributed by atoms with Crippen molar-refractivity contribution in [3.8, 4) is 5.75 Å². The number of rotatable bonds is 6. The first-order valence-corrected chi connectivity index (χ1v) is 6.37. The number of methoxy groups -OCH3 is 1. The molecule has 0 radical (unpaired) electrons. The van der Waals surface area contributed by atoms with Gasteiger partial charge in [-0.15, -0.1) is 0 Å². The van der Waals surface area contributed by atoms with E-state index in [0.717, 1.165) is 17.0 Å². The van der Waals surface area contributed by atoms with Crippen LogP contribution in [0.4, 0.5) is 5.69 Å². The van der Waals surface area contributed by atoms with E-state index < -0.39 is 0 Å². The zero-order valence-corrected chi connectivity index (χ0v) is 12.0. The maximum absolute atomic E-state index is 10.9. The second-order valence-corrected chi connectivity index (χ2v) is 4.94. The summed E-state index contributed by atoms with van der Waals surface area (Å²) in [6, 6.07) is 4.17. The van der Waals surface area contributed by atoms with Crippen molar-refractivity contribution in [1.82, 2.24) is 0 Å². The number of aryl methyl sites for hydroxylation is 1. The van der Waals surface area contributed by atoms with E-state index in [-0.39, 0.29) is 5.78 Å². The molecule has 0 bridgehead atoms. The monoisotopic (exact) mass is 249 g/mol. The van der Waals surface area contributed by atoms with Gasteiger partial charge in [-0.05, 0) is 43.0 Å². The Bertz CT molecular complexity index is 425. The van der Waals surface area contributed by atoms with Gasteiger partial charge in [-0.2, -0.15) is 0 Å². The van der Waals surface area contributed by atoms with E-state index in [4.69, 9.17) is 4.74 Å². The summed E-state index contributed by atoms with van der Waals surface area (Å²) in [7, 11) is 1.70. The van der Waals surface area contributed by atoms with Gasteiger partial charge >= 0.3 is 0 Å². The molecule has 3 heteroatoms. The summed E-state index contributed by atoms with van der Waals surface area (Å²) in [6.07, 6.45) is 0.558. The van der Waals surface area contributed by atoms with E-state index in [0.29, 0.717) is 18.9 Å². The van der Waals surface area contributed by atoms with Gasteiger partial charge in [0.2, 0.25) is 0 Å². The minimum absolute atomic E-state index is 0.206. The summed E-state index contributed by atoms with van der Waals surface area (Å²) >= 11 is 0. The highest BCUT2D eigenvalue weighted by atomic mass is 16.5. The van der Waals surface area contributed by atoms with E-state index in [9.17, 15) is 4.79 Å². The van der Waals surface area contributed by atoms with Crippen molar-refractivity contribution >= 4 is 11.5 Å². The number of ether oxygens (including phenoxy) is 1. The molecule has 18 heavy (non-hydrogen) atoms. The maximum atomic E-state index is 10.9. The number of hydrogen-bond donors (Lipinski definition) is 1. The van der Waals surface area contributed by atoms with Crippen LogP contribution in [-0.2, 0) is 4.79 Å². The van der Waals surface area contributed by atoms with Crippen LogP contribution in [0.15, 0.2) is 12.1 Å². The molecule has 0 fully saturated rings.